The van der Waals surface area contributed by atoms with Gasteiger partial charge in [-0.15, -0.1) is 0 Å². The normalized spacial score (nSPS) is 15.7. The van der Waals surface area contributed by atoms with Gasteiger partial charge in [0.15, 0.2) is 22.3 Å². The number of allylic oxidation sites excluding steroid dienone is 1. The van der Waals surface area contributed by atoms with E-state index in [1.54, 1.807) is 25.1 Å². The number of hydrogen-bond donors (Lipinski definition) is 2. The fourth-order valence-corrected chi connectivity index (χ4v) is 3.23. The van der Waals surface area contributed by atoms with E-state index in [1.807, 2.05) is 35.8 Å². The number of methoxy groups -OCH3 is 1. The number of aliphatic imine (C=N–C) groups is 1. The van der Waals surface area contributed by atoms with Gasteiger partial charge in [0.1, 0.15) is 12.6 Å². The summed E-state index contributed by atoms with van der Waals surface area (Å²) in [6, 6.07) is 14.2. The maximum absolute atomic E-state index is 12.2. The number of guanidine groups is 1. The van der Waals surface area contributed by atoms with E-state index in [0.717, 1.165) is 5.56 Å². The summed E-state index contributed by atoms with van der Waals surface area (Å²) in [5.74, 6) is 0.784. The first-order valence-electron chi connectivity index (χ1n) is 9.21. The first-order chi connectivity index (χ1) is 14.4. The van der Waals surface area contributed by atoms with Crippen LogP contribution in [0.4, 0.5) is 0 Å². The monoisotopic (exact) mass is 410 g/mol. The molecule has 1 aliphatic heterocycles. The van der Waals surface area contributed by atoms with Crippen molar-refractivity contribution in [2.45, 2.75) is 26.5 Å². The van der Waals surface area contributed by atoms with Crippen molar-refractivity contribution in [2.24, 2.45) is 4.99 Å². The van der Waals surface area contributed by atoms with Gasteiger partial charge in [0.2, 0.25) is 0 Å². The molecule has 156 valence electrons. The highest BCUT2D eigenvalue weighted by atomic mass is 16.7. The Morgan fingerprint density at radius 2 is 1.97 bits per heavy atom. The minimum absolute atomic E-state index is 0.0455. The molecule has 1 atom stereocenters. The van der Waals surface area contributed by atoms with E-state index in [1.165, 1.54) is 14.0 Å². The number of nitrogens with zero attached hydrogens (tertiary/aromatic N) is 2. The second kappa shape index (κ2) is 9.08. The van der Waals surface area contributed by atoms with Crippen LogP contribution in [0.15, 0.2) is 64.8 Å². The van der Waals surface area contributed by atoms with E-state index in [0.29, 0.717) is 34.9 Å². The molecule has 0 saturated heterocycles. The van der Waals surface area contributed by atoms with Crippen LogP contribution in [0.5, 0.6) is 11.5 Å². The minimum atomic E-state index is -0.719. The molecule has 0 amide bonds. The first-order valence-corrected chi connectivity index (χ1v) is 9.21. The summed E-state index contributed by atoms with van der Waals surface area (Å²) in [7, 11) is 1.52. The van der Waals surface area contributed by atoms with Gasteiger partial charge in [-0.05, 0) is 37.1 Å². The number of nitro groups is 1. The predicted octanol–water partition coefficient (Wildman–Crippen LogP) is 2.92. The molecule has 9 nitrogen and oxygen atoms in total. The lowest BCUT2D eigenvalue weighted by atomic mass is 9.93. The van der Waals surface area contributed by atoms with Crippen LogP contribution in [-0.4, -0.2) is 23.9 Å². The van der Waals surface area contributed by atoms with Crippen LogP contribution >= 0.6 is 0 Å². The highest BCUT2D eigenvalue weighted by molar-refractivity contribution is 5.98. The zero-order chi connectivity index (χ0) is 21.7. The SMILES string of the molecule is COc1cc([C@H]2N=C(N[N+](=O)[O-])NC(C)=C2C(C)=O)ccc1OCc1ccccc1. The highest BCUT2D eigenvalue weighted by Gasteiger charge is 2.29. The van der Waals surface area contributed by atoms with Gasteiger partial charge in [0, 0.05) is 11.3 Å². The number of carbonyl (C=O) groups excluding carboxylic acids is 1. The van der Waals surface area contributed by atoms with Crippen molar-refractivity contribution in [3.8, 4) is 11.5 Å². The van der Waals surface area contributed by atoms with E-state index in [9.17, 15) is 14.9 Å². The fraction of sp³-hybridized carbons (Fsp3) is 0.238. The van der Waals surface area contributed by atoms with E-state index in [4.69, 9.17) is 9.47 Å². The second-order valence-electron chi connectivity index (χ2n) is 6.65. The van der Waals surface area contributed by atoms with E-state index < -0.39 is 11.1 Å². The quantitative estimate of drug-likeness (QED) is 0.533. The summed E-state index contributed by atoms with van der Waals surface area (Å²) in [6.07, 6.45) is 0. The average molecular weight is 410 g/mol. The van der Waals surface area contributed by atoms with E-state index in [-0.39, 0.29) is 11.7 Å². The molecule has 2 aromatic carbocycles. The standard InChI is InChI=1S/C21H22N4O5/c1-13-19(14(2)26)20(23-21(22-13)24-25(27)28)16-9-10-17(18(11-16)29-3)30-12-15-7-5-4-6-8-15/h4-11,20H,12H2,1-3H3,(H2,22,23,24)/t20-/m1/s1. The Hall–Kier alpha value is -3.88. The van der Waals surface area contributed by atoms with Gasteiger partial charge < -0.3 is 14.8 Å². The molecule has 0 spiro atoms. The Bertz CT molecular complexity index is 1020. The molecule has 2 N–H and O–H groups in total. The molecule has 9 heteroatoms. The van der Waals surface area contributed by atoms with Crippen molar-refractivity contribution >= 4 is 11.7 Å². The first kappa shape index (κ1) is 20.8. The number of hydrazine groups is 1. The van der Waals surface area contributed by atoms with Gasteiger partial charge in [-0.1, -0.05) is 41.8 Å². The van der Waals surface area contributed by atoms with Crippen molar-refractivity contribution < 1.29 is 19.3 Å². The lowest BCUT2D eigenvalue weighted by Crippen LogP contribution is -2.43. The lowest BCUT2D eigenvalue weighted by molar-refractivity contribution is -0.525. The van der Waals surface area contributed by atoms with Gasteiger partial charge in [-0.2, -0.15) is 0 Å². The Balaban J connectivity index is 1.92. The van der Waals surface area contributed by atoms with Crippen LogP contribution in [0.2, 0.25) is 0 Å². The van der Waals surface area contributed by atoms with Gasteiger partial charge in [-0.25, -0.2) is 15.1 Å². The average Bonchev–Trinajstić information content (AvgIpc) is 2.71. The zero-order valence-corrected chi connectivity index (χ0v) is 16.8. The summed E-state index contributed by atoms with van der Waals surface area (Å²) in [5, 5.41) is 12.9. The topological polar surface area (TPSA) is 115 Å². The number of ketones is 1. The zero-order valence-electron chi connectivity index (χ0n) is 16.8. The van der Waals surface area contributed by atoms with Crippen LogP contribution in [0.3, 0.4) is 0 Å². The smallest absolute Gasteiger partial charge is 0.259 e. The number of Topliss-reactive ketones (excluding diaryl/α,β-unsaturated/α-hetero) is 1. The molecule has 30 heavy (non-hydrogen) atoms. The van der Waals surface area contributed by atoms with Crippen LogP contribution in [0.1, 0.15) is 31.0 Å². The third kappa shape index (κ3) is 4.75. The van der Waals surface area contributed by atoms with Crippen molar-refractivity contribution in [2.75, 3.05) is 7.11 Å². The summed E-state index contributed by atoms with van der Waals surface area (Å²) in [6.45, 7) is 3.48. The molecule has 0 radical (unpaired) electrons. The van der Waals surface area contributed by atoms with Crippen molar-refractivity contribution in [1.82, 2.24) is 10.7 Å². The maximum atomic E-state index is 12.2. The van der Waals surface area contributed by atoms with Gasteiger partial charge in [-0.3, -0.25) is 4.79 Å². The molecule has 0 aromatic heterocycles. The number of ether oxygens (including phenoxy) is 2. The third-order valence-corrected chi connectivity index (χ3v) is 4.56. The minimum Gasteiger partial charge on any atom is -0.493 e. The van der Waals surface area contributed by atoms with Crippen LogP contribution < -0.4 is 20.2 Å². The molecule has 0 fully saturated rings. The fourth-order valence-electron chi connectivity index (χ4n) is 3.23. The maximum Gasteiger partial charge on any atom is 0.259 e. The number of nitrogens with one attached hydrogen (secondary N) is 2. The lowest BCUT2D eigenvalue weighted by Gasteiger charge is -2.25. The van der Waals surface area contributed by atoms with E-state index >= 15 is 0 Å². The molecule has 0 aliphatic carbocycles. The van der Waals surface area contributed by atoms with Crippen LogP contribution in [0.25, 0.3) is 0 Å². The predicted molar refractivity (Wildman–Crippen MR) is 111 cm³/mol. The molecule has 0 bridgehead atoms. The molecule has 0 unspecified atom stereocenters. The Labute approximate surface area is 173 Å². The molecule has 1 heterocycles. The van der Waals surface area contributed by atoms with Crippen LogP contribution in [-0.2, 0) is 11.4 Å². The number of hydrogen-bond acceptors (Lipinski definition) is 7. The van der Waals surface area contributed by atoms with Gasteiger partial charge in [0.25, 0.3) is 5.96 Å². The van der Waals surface area contributed by atoms with E-state index in [2.05, 4.69) is 10.3 Å². The molecule has 3 rings (SSSR count). The molecule has 0 saturated carbocycles. The summed E-state index contributed by atoms with van der Waals surface area (Å²) in [4.78, 5) is 27.4. The summed E-state index contributed by atoms with van der Waals surface area (Å²) >= 11 is 0. The van der Waals surface area contributed by atoms with Crippen molar-refractivity contribution in [3.63, 3.8) is 0 Å². The molecule has 1 aliphatic rings. The second-order valence-corrected chi connectivity index (χ2v) is 6.65. The van der Waals surface area contributed by atoms with Crippen molar-refractivity contribution in [1.29, 1.82) is 0 Å². The summed E-state index contributed by atoms with van der Waals surface area (Å²) in [5.41, 5.74) is 4.58. The molecular formula is C21H22N4O5. The van der Waals surface area contributed by atoms with Crippen molar-refractivity contribution in [3.05, 3.63) is 81.0 Å². The van der Waals surface area contributed by atoms with Gasteiger partial charge in [0.05, 0.1) is 7.11 Å². The number of carbonyl (C=O) groups is 1. The highest BCUT2D eigenvalue weighted by Crippen LogP contribution is 2.36. The Morgan fingerprint density at radius 1 is 1.23 bits per heavy atom. The largest absolute Gasteiger partial charge is 0.493 e. The van der Waals surface area contributed by atoms with Crippen LogP contribution in [0, 0.1) is 10.1 Å². The Morgan fingerprint density at radius 3 is 2.60 bits per heavy atom. The molecular weight excluding hydrogens is 388 g/mol. The number of benzene rings is 2. The summed E-state index contributed by atoms with van der Waals surface area (Å²) < 4.78 is 11.3. The van der Waals surface area contributed by atoms with Gasteiger partial charge >= 0.3 is 0 Å². The third-order valence-electron chi connectivity index (χ3n) is 4.56. The molecule has 2 aromatic rings. The number of rotatable bonds is 7. The Kier molecular flexibility index (Phi) is 6.31.